The monoisotopic (exact) mass is 299 g/mol. The summed E-state index contributed by atoms with van der Waals surface area (Å²) < 4.78 is 0. The average molecular weight is 300 g/mol. The smallest absolute Gasteiger partial charge is 0.0467 e. The molecule has 0 radical (unpaired) electrons. The van der Waals surface area contributed by atoms with Gasteiger partial charge in [0.25, 0.3) is 0 Å². The molecule has 1 fully saturated rings. The molecular weight excluding hydrogens is 266 g/mol. The standard InChI is InChI=1S/C21H33N/c1-19(2,3)16-9-10-17(20(4,5)6)18-15(16)11-13-21(18)12-8-14-22(21)7/h9-10H,8,11-14H2,1-7H3. The summed E-state index contributed by atoms with van der Waals surface area (Å²) >= 11 is 0. The van der Waals surface area contributed by atoms with E-state index >= 15 is 0 Å². The third kappa shape index (κ3) is 2.24. The quantitative estimate of drug-likeness (QED) is 0.640. The van der Waals surface area contributed by atoms with Crippen molar-refractivity contribution in [3.05, 3.63) is 34.4 Å². The van der Waals surface area contributed by atoms with E-state index < -0.39 is 0 Å². The molecule has 1 aliphatic heterocycles. The molecule has 0 saturated carbocycles. The lowest BCUT2D eigenvalue weighted by atomic mass is 9.73. The van der Waals surface area contributed by atoms with E-state index in [-0.39, 0.29) is 10.8 Å². The molecule has 1 heterocycles. The van der Waals surface area contributed by atoms with Crippen molar-refractivity contribution in [3.8, 4) is 0 Å². The molecule has 1 aromatic rings. The van der Waals surface area contributed by atoms with Crippen molar-refractivity contribution in [2.24, 2.45) is 0 Å². The fraction of sp³-hybridized carbons (Fsp3) is 0.714. The molecular formula is C21H33N. The largest absolute Gasteiger partial charge is 0.297 e. The lowest BCUT2D eigenvalue weighted by Gasteiger charge is -2.38. The van der Waals surface area contributed by atoms with Crippen molar-refractivity contribution < 1.29 is 0 Å². The van der Waals surface area contributed by atoms with Gasteiger partial charge < -0.3 is 0 Å². The summed E-state index contributed by atoms with van der Waals surface area (Å²) in [6.07, 6.45) is 5.26. The van der Waals surface area contributed by atoms with Gasteiger partial charge in [0, 0.05) is 5.54 Å². The van der Waals surface area contributed by atoms with Crippen LogP contribution >= 0.6 is 0 Å². The molecule has 1 heteroatoms. The van der Waals surface area contributed by atoms with Gasteiger partial charge in [0.1, 0.15) is 0 Å². The van der Waals surface area contributed by atoms with Gasteiger partial charge in [-0.1, -0.05) is 53.7 Å². The second-order valence-electron chi connectivity index (χ2n) is 9.57. The van der Waals surface area contributed by atoms with Crippen LogP contribution in [0.4, 0.5) is 0 Å². The molecule has 0 bridgehead atoms. The second kappa shape index (κ2) is 4.84. The number of benzene rings is 1. The Morgan fingerprint density at radius 3 is 2.00 bits per heavy atom. The predicted molar refractivity (Wildman–Crippen MR) is 95.7 cm³/mol. The van der Waals surface area contributed by atoms with E-state index in [0.717, 1.165) is 0 Å². The van der Waals surface area contributed by atoms with Crippen LogP contribution in [0.25, 0.3) is 0 Å². The van der Waals surface area contributed by atoms with E-state index in [0.29, 0.717) is 5.54 Å². The summed E-state index contributed by atoms with van der Waals surface area (Å²) in [4.78, 5) is 2.65. The summed E-state index contributed by atoms with van der Waals surface area (Å²) in [6.45, 7) is 15.5. The van der Waals surface area contributed by atoms with Crippen LogP contribution in [-0.2, 0) is 22.8 Å². The molecule has 1 nitrogen and oxygen atoms in total. The average Bonchev–Trinajstić information content (AvgIpc) is 2.93. The van der Waals surface area contributed by atoms with Crippen LogP contribution in [0, 0.1) is 0 Å². The van der Waals surface area contributed by atoms with E-state index in [2.05, 4.69) is 65.6 Å². The number of fused-ring (bicyclic) bond motifs is 2. The van der Waals surface area contributed by atoms with Crippen LogP contribution < -0.4 is 0 Å². The maximum absolute atomic E-state index is 2.65. The zero-order valence-corrected chi connectivity index (χ0v) is 15.6. The van der Waals surface area contributed by atoms with Gasteiger partial charge in [-0.2, -0.15) is 0 Å². The highest BCUT2D eigenvalue weighted by Crippen LogP contribution is 2.53. The molecule has 0 aromatic heterocycles. The molecule has 1 aromatic carbocycles. The Hall–Kier alpha value is -0.820. The minimum atomic E-state index is 0.223. The molecule has 22 heavy (non-hydrogen) atoms. The second-order valence-corrected chi connectivity index (χ2v) is 9.57. The van der Waals surface area contributed by atoms with Crippen LogP contribution in [0.15, 0.2) is 12.1 Å². The topological polar surface area (TPSA) is 3.24 Å². The lowest BCUT2D eigenvalue weighted by molar-refractivity contribution is 0.172. The minimum Gasteiger partial charge on any atom is -0.297 e. The molecule has 1 atom stereocenters. The Morgan fingerprint density at radius 2 is 1.50 bits per heavy atom. The zero-order chi connectivity index (χ0) is 16.3. The first kappa shape index (κ1) is 16.1. The summed E-state index contributed by atoms with van der Waals surface area (Å²) in [5, 5.41) is 0. The normalized spacial score (nSPS) is 26.0. The summed E-state index contributed by atoms with van der Waals surface area (Å²) in [5.41, 5.74) is 7.32. The van der Waals surface area contributed by atoms with E-state index in [1.807, 2.05) is 0 Å². The molecule has 3 rings (SSSR count). The van der Waals surface area contributed by atoms with Crippen LogP contribution in [-0.4, -0.2) is 18.5 Å². The summed E-state index contributed by atoms with van der Waals surface area (Å²) in [7, 11) is 2.35. The number of hydrogen-bond donors (Lipinski definition) is 0. The van der Waals surface area contributed by atoms with Gasteiger partial charge in [0.15, 0.2) is 0 Å². The molecule has 0 amide bonds. The molecule has 1 saturated heterocycles. The fourth-order valence-electron chi connectivity index (χ4n) is 4.87. The van der Waals surface area contributed by atoms with Gasteiger partial charge in [-0.05, 0) is 72.4 Å². The van der Waals surface area contributed by atoms with Crippen molar-refractivity contribution in [2.75, 3.05) is 13.6 Å². The van der Waals surface area contributed by atoms with Crippen molar-refractivity contribution in [3.63, 3.8) is 0 Å². The van der Waals surface area contributed by atoms with E-state index in [4.69, 9.17) is 0 Å². The maximum atomic E-state index is 2.65. The van der Waals surface area contributed by atoms with Gasteiger partial charge in [-0.3, -0.25) is 4.90 Å². The highest BCUT2D eigenvalue weighted by Gasteiger charge is 2.48. The van der Waals surface area contributed by atoms with E-state index in [1.54, 1.807) is 22.3 Å². The predicted octanol–water partition coefficient (Wildman–Crippen LogP) is 5.15. The summed E-state index contributed by atoms with van der Waals surface area (Å²) in [6, 6.07) is 4.87. The molecule has 0 N–H and O–H groups in total. The van der Waals surface area contributed by atoms with Crippen molar-refractivity contribution in [1.82, 2.24) is 4.90 Å². The number of nitrogens with zero attached hydrogens (tertiary/aromatic N) is 1. The van der Waals surface area contributed by atoms with Crippen molar-refractivity contribution >= 4 is 0 Å². The number of hydrogen-bond acceptors (Lipinski definition) is 1. The first-order chi connectivity index (χ1) is 10.1. The Balaban J connectivity index is 2.29. The van der Waals surface area contributed by atoms with Gasteiger partial charge in [0.2, 0.25) is 0 Å². The van der Waals surface area contributed by atoms with Crippen molar-refractivity contribution in [2.45, 2.75) is 83.6 Å². The Morgan fingerprint density at radius 1 is 0.909 bits per heavy atom. The van der Waals surface area contributed by atoms with Crippen LogP contribution in [0.2, 0.25) is 0 Å². The lowest BCUT2D eigenvalue weighted by Crippen LogP contribution is -2.38. The fourth-order valence-corrected chi connectivity index (χ4v) is 4.87. The minimum absolute atomic E-state index is 0.223. The molecule has 1 unspecified atom stereocenters. The van der Waals surface area contributed by atoms with E-state index in [1.165, 1.54) is 32.2 Å². The third-order valence-electron chi connectivity index (χ3n) is 6.00. The molecule has 1 aliphatic carbocycles. The molecule has 1 spiro atoms. The number of likely N-dealkylation sites (tertiary alicyclic amines) is 1. The maximum Gasteiger partial charge on any atom is 0.0467 e. The van der Waals surface area contributed by atoms with Gasteiger partial charge >= 0.3 is 0 Å². The zero-order valence-electron chi connectivity index (χ0n) is 15.6. The third-order valence-corrected chi connectivity index (χ3v) is 6.00. The van der Waals surface area contributed by atoms with Crippen LogP contribution in [0.3, 0.4) is 0 Å². The van der Waals surface area contributed by atoms with Crippen LogP contribution in [0.5, 0.6) is 0 Å². The molecule has 2 aliphatic rings. The Labute approximate surface area is 137 Å². The van der Waals surface area contributed by atoms with Crippen LogP contribution in [0.1, 0.15) is 83.1 Å². The Kier molecular flexibility index (Phi) is 3.53. The molecule has 122 valence electrons. The van der Waals surface area contributed by atoms with Gasteiger partial charge in [-0.15, -0.1) is 0 Å². The van der Waals surface area contributed by atoms with Gasteiger partial charge in [-0.25, -0.2) is 0 Å². The first-order valence-corrected chi connectivity index (χ1v) is 8.96. The van der Waals surface area contributed by atoms with E-state index in [9.17, 15) is 0 Å². The summed E-state index contributed by atoms with van der Waals surface area (Å²) in [5.74, 6) is 0. The van der Waals surface area contributed by atoms with Gasteiger partial charge in [0.05, 0.1) is 0 Å². The SMILES string of the molecule is CN1CCCC12CCc1c(C(C)(C)C)ccc(C(C)(C)C)c12. The van der Waals surface area contributed by atoms with Crippen molar-refractivity contribution in [1.29, 1.82) is 0 Å². The number of rotatable bonds is 0. The highest BCUT2D eigenvalue weighted by molar-refractivity contribution is 5.53. The highest BCUT2D eigenvalue weighted by atomic mass is 15.2. The Bertz CT molecular complexity index is 585. The first-order valence-electron chi connectivity index (χ1n) is 8.96.